The minimum atomic E-state index is -0.293. The fourth-order valence-electron chi connectivity index (χ4n) is 2.75. The van der Waals surface area contributed by atoms with Gasteiger partial charge in [-0.1, -0.05) is 42.5 Å². The van der Waals surface area contributed by atoms with Crippen LogP contribution in [-0.2, 0) is 0 Å². The second-order valence-corrected chi connectivity index (χ2v) is 5.93. The number of nitrogens with zero attached hydrogens (tertiary/aromatic N) is 3. The Labute approximate surface area is 154 Å². The Morgan fingerprint density at radius 3 is 2.41 bits per heavy atom. The first-order chi connectivity index (χ1) is 13.1. The lowest BCUT2D eigenvalue weighted by molar-refractivity contribution is 0.403. The van der Waals surface area contributed by atoms with Gasteiger partial charge in [0.25, 0.3) is 5.56 Å². The third-order valence-corrected chi connectivity index (χ3v) is 4.11. The van der Waals surface area contributed by atoms with E-state index in [9.17, 15) is 15.0 Å². The number of fused-ring (bicyclic) bond motifs is 1. The van der Waals surface area contributed by atoms with Gasteiger partial charge in [-0.3, -0.25) is 4.79 Å². The standard InChI is InChI=1S/C21H15N3O3/c25-18-11-10-14(12-19(18)26)13-22-24-20(15-6-2-1-3-7-15)23-17-9-5-4-8-16(17)21(24)27/h1-13,25-26H/b22-13+. The van der Waals surface area contributed by atoms with E-state index in [-0.39, 0.29) is 17.1 Å². The fourth-order valence-corrected chi connectivity index (χ4v) is 2.75. The van der Waals surface area contributed by atoms with Gasteiger partial charge in [-0.05, 0) is 35.9 Å². The van der Waals surface area contributed by atoms with Crippen LogP contribution in [0.3, 0.4) is 0 Å². The number of benzene rings is 3. The van der Waals surface area contributed by atoms with Gasteiger partial charge in [0, 0.05) is 5.56 Å². The van der Waals surface area contributed by atoms with Crippen molar-refractivity contribution >= 4 is 17.1 Å². The van der Waals surface area contributed by atoms with Crippen molar-refractivity contribution < 1.29 is 10.2 Å². The number of aromatic hydroxyl groups is 2. The fraction of sp³-hybridized carbons (Fsp3) is 0. The SMILES string of the molecule is O=c1c2ccccc2nc(-c2ccccc2)n1/N=C/c1ccc(O)c(O)c1. The van der Waals surface area contributed by atoms with Crippen LogP contribution in [0.15, 0.2) is 82.7 Å². The summed E-state index contributed by atoms with van der Waals surface area (Å²) in [5, 5.41) is 23.8. The molecule has 4 aromatic rings. The molecule has 0 bridgehead atoms. The zero-order chi connectivity index (χ0) is 18.8. The zero-order valence-electron chi connectivity index (χ0n) is 14.1. The molecule has 2 N–H and O–H groups in total. The predicted molar refractivity (Wildman–Crippen MR) is 104 cm³/mol. The molecule has 1 aromatic heterocycles. The van der Waals surface area contributed by atoms with Crippen LogP contribution < -0.4 is 5.56 Å². The summed E-state index contributed by atoms with van der Waals surface area (Å²) in [5.41, 5.74) is 1.59. The van der Waals surface area contributed by atoms with E-state index in [4.69, 9.17) is 0 Å². The molecule has 132 valence electrons. The molecule has 0 saturated heterocycles. The number of aromatic nitrogens is 2. The lowest BCUT2D eigenvalue weighted by Gasteiger charge is -2.09. The molecule has 0 radical (unpaired) electrons. The van der Waals surface area contributed by atoms with E-state index in [2.05, 4.69) is 10.1 Å². The third kappa shape index (κ3) is 3.16. The summed E-state index contributed by atoms with van der Waals surface area (Å²) in [6.07, 6.45) is 1.43. The van der Waals surface area contributed by atoms with Crippen molar-refractivity contribution in [3.05, 3.63) is 88.7 Å². The molecule has 3 aromatic carbocycles. The van der Waals surface area contributed by atoms with E-state index in [1.54, 1.807) is 24.3 Å². The Balaban J connectivity index is 1.92. The van der Waals surface area contributed by atoms with Crippen molar-refractivity contribution in [1.82, 2.24) is 9.66 Å². The first-order valence-corrected chi connectivity index (χ1v) is 8.27. The number of para-hydroxylation sites is 1. The van der Waals surface area contributed by atoms with Gasteiger partial charge < -0.3 is 10.2 Å². The molecule has 0 fully saturated rings. The molecule has 27 heavy (non-hydrogen) atoms. The van der Waals surface area contributed by atoms with E-state index in [0.717, 1.165) is 5.56 Å². The Hall–Kier alpha value is -3.93. The van der Waals surface area contributed by atoms with Gasteiger partial charge in [0.1, 0.15) is 0 Å². The van der Waals surface area contributed by atoms with Crippen LogP contribution in [0, 0.1) is 0 Å². The quantitative estimate of drug-likeness (QED) is 0.435. The van der Waals surface area contributed by atoms with E-state index >= 15 is 0 Å². The van der Waals surface area contributed by atoms with E-state index in [1.807, 2.05) is 36.4 Å². The highest BCUT2D eigenvalue weighted by atomic mass is 16.3. The van der Waals surface area contributed by atoms with Gasteiger partial charge in [-0.25, -0.2) is 4.98 Å². The molecule has 0 unspecified atom stereocenters. The average Bonchev–Trinajstić information content (AvgIpc) is 2.70. The molecule has 6 nitrogen and oxygen atoms in total. The molecular weight excluding hydrogens is 342 g/mol. The minimum absolute atomic E-state index is 0.221. The maximum Gasteiger partial charge on any atom is 0.282 e. The highest BCUT2D eigenvalue weighted by Crippen LogP contribution is 2.24. The molecule has 4 rings (SSSR count). The molecular formula is C21H15N3O3. The molecule has 0 spiro atoms. The molecule has 0 saturated carbocycles. The highest BCUT2D eigenvalue weighted by molar-refractivity contribution is 5.82. The molecule has 0 aliphatic rings. The van der Waals surface area contributed by atoms with Crippen molar-refractivity contribution in [3.63, 3.8) is 0 Å². The topological polar surface area (TPSA) is 87.7 Å². The maximum atomic E-state index is 13.0. The molecule has 6 heteroatoms. The van der Waals surface area contributed by atoms with Gasteiger partial charge in [-0.2, -0.15) is 9.78 Å². The van der Waals surface area contributed by atoms with Crippen LogP contribution in [0.25, 0.3) is 22.3 Å². The summed E-state index contributed by atoms with van der Waals surface area (Å²) in [6.45, 7) is 0. The molecule has 0 aliphatic carbocycles. The largest absolute Gasteiger partial charge is 0.504 e. The van der Waals surface area contributed by atoms with Crippen LogP contribution in [0.2, 0.25) is 0 Å². The molecule has 0 atom stereocenters. The van der Waals surface area contributed by atoms with Crippen molar-refractivity contribution in [1.29, 1.82) is 0 Å². The summed E-state index contributed by atoms with van der Waals surface area (Å²) in [5.74, 6) is -0.0635. The highest BCUT2D eigenvalue weighted by Gasteiger charge is 2.12. The number of phenols is 2. The third-order valence-electron chi connectivity index (χ3n) is 4.11. The first-order valence-electron chi connectivity index (χ1n) is 8.27. The van der Waals surface area contributed by atoms with Crippen molar-refractivity contribution in [2.45, 2.75) is 0 Å². The van der Waals surface area contributed by atoms with Crippen molar-refractivity contribution in [3.8, 4) is 22.9 Å². The second-order valence-electron chi connectivity index (χ2n) is 5.93. The number of hydrogen-bond acceptors (Lipinski definition) is 5. The van der Waals surface area contributed by atoms with Gasteiger partial charge >= 0.3 is 0 Å². The summed E-state index contributed by atoms with van der Waals surface area (Å²) in [7, 11) is 0. The molecule has 0 aliphatic heterocycles. The van der Waals surface area contributed by atoms with E-state index in [0.29, 0.717) is 22.3 Å². The number of hydrogen-bond donors (Lipinski definition) is 2. The van der Waals surface area contributed by atoms with Crippen LogP contribution in [0.5, 0.6) is 11.5 Å². The summed E-state index contributed by atoms with van der Waals surface area (Å²) in [4.78, 5) is 17.6. The molecule has 0 amide bonds. The Morgan fingerprint density at radius 2 is 1.63 bits per heavy atom. The molecule has 1 heterocycles. The predicted octanol–water partition coefficient (Wildman–Crippen LogP) is 3.36. The number of rotatable bonds is 3. The monoisotopic (exact) mass is 357 g/mol. The van der Waals surface area contributed by atoms with Crippen molar-refractivity contribution in [2.24, 2.45) is 5.10 Å². The average molecular weight is 357 g/mol. The smallest absolute Gasteiger partial charge is 0.282 e. The Morgan fingerprint density at radius 1 is 0.889 bits per heavy atom. The Kier molecular flexibility index (Phi) is 4.14. The summed E-state index contributed by atoms with van der Waals surface area (Å²) < 4.78 is 1.24. The van der Waals surface area contributed by atoms with E-state index in [1.165, 1.54) is 23.0 Å². The van der Waals surface area contributed by atoms with Gasteiger partial charge in [0.15, 0.2) is 17.3 Å². The normalized spacial score (nSPS) is 11.3. The second kappa shape index (κ2) is 6.76. The van der Waals surface area contributed by atoms with Crippen LogP contribution in [-0.4, -0.2) is 26.1 Å². The van der Waals surface area contributed by atoms with E-state index < -0.39 is 0 Å². The summed E-state index contributed by atoms with van der Waals surface area (Å²) >= 11 is 0. The van der Waals surface area contributed by atoms with Crippen LogP contribution in [0.4, 0.5) is 0 Å². The van der Waals surface area contributed by atoms with Gasteiger partial charge in [-0.15, -0.1) is 0 Å². The lowest BCUT2D eigenvalue weighted by Crippen LogP contribution is -2.20. The van der Waals surface area contributed by atoms with Crippen LogP contribution in [0.1, 0.15) is 5.56 Å². The number of phenolic OH excluding ortho intramolecular Hbond substituents is 2. The van der Waals surface area contributed by atoms with Crippen LogP contribution >= 0.6 is 0 Å². The van der Waals surface area contributed by atoms with Crippen molar-refractivity contribution in [2.75, 3.05) is 0 Å². The van der Waals surface area contributed by atoms with Gasteiger partial charge in [0.05, 0.1) is 17.1 Å². The van der Waals surface area contributed by atoms with Gasteiger partial charge in [0.2, 0.25) is 0 Å². The zero-order valence-corrected chi connectivity index (χ0v) is 14.1. The summed E-state index contributed by atoms with van der Waals surface area (Å²) in [6, 6.07) is 20.7. The Bertz CT molecular complexity index is 1210. The lowest BCUT2D eigenvalue weighted by atomic mass is 10.2. The minimum Gasteiger partial charge on any atom is -0.504 e. The maximum absolute atomic E-state index is 13.0. The first kappa shape index (κ1) is 16.5.